The van der Waals surface area contributed by atoms with Gasteiger partial charge in [0.2, 0.25) is 0 Å². The highest BCUT2D eigenvalue weighted by molar-refractivity contribution is 9.10. The van der Waals surface area contributed by atoms with Crippen molar-refractivity contribution in [3.8, 4) is 5.75 Å². The number of methoxy groups -OCH3 is 1. The number of halogens is 1. The average Bonchev–Trinajstić information content (AvgIpc) is 3.05. The molecule has 1 fully saturated rings. The normalized spacial score (nSPS) is 14.3. The van der Waals surface area contributed by atoms with Crippen molar-refractivity contribution in [2.45, 2.75) is 17.0 Å². The molecule has 1 aromatic carbocycles. The molecule has 3 heterocycles. The number of carbonyl (C=O) groups excluding carboxylic acids is 1. The zero-order valence-electron chi connectivity index (χ0n) is 16.9. The first-order chi connectivity index (χ1) is 14.5. The smallest absolute Gasteiger partial charge is 0.341 e. The number of hydrogen-bond acceptors (Lipinski definition) is 7. The first kappa shape index (κ1) is 21.0. The number of aromatic hydroxyl groups is 1. The number of nitrogens with zero attached hydrogens (tertiary/aromatic N) is 3. The SMILES string of the molecule is COC(=O)c1c(Sc2ccccn2)n(C)c2c(C)c(Br)c(O)c(N3CCOCC3)c12. The van der Waals surface area contributed by atoms with Crippen LogP contribution in [0.2, 0.25) is 0 Å². The van der Waals surface area contributed by atoms with Crippen LogP contribution in [0.4, 0.5) is 5.69 Å². The van der Waals surface area contributed by atoms with Crippen molar-refractivity contribution in [3.63, 3.8) is 0 Å². The summed E-state index contributed by atoms with van der Waals surface area (Å²) in [6.07, 6.45) is 1.72. The maximum atomic E-state index is 13.0. The highest BCUT2D eigenvalue weighted by Crippen LogP contribution is 2.49. The number of aryl methyl sites for hydroxylation is 2. The Balaban J connectivity index is 2.06. The van der Waals surface area contributed by atoms with Gasteiger partial charge in [-0.1, -0.05) is 17.8 Å². The molecule has 1 N–H and O–H groups in total. The van der Waals surface area contributed by atoms with Gasteiger partial charge in [-0.2, -0.15) is 0 Å². The van der Waals surface area contributed by atoms with E-state index in [0.29, 0.717) is 52.4 Å². The van der Waals surface area contributed by atoms with Gasteiger partial charge < -0.3 is 24.0 Å². The topological polar surface area (TPSA) is 76.8 Å². The Bertz CT molecular complexity index is 1110. The number of carbonyl (C=O) groups is 1. The molecule has 0 bridgehead atoms. The van der Waals surface area contributed by atoms with Gasteiger partial charge in [0, 0.05) is 31.7 Å². The van der Waals surface area contributed by atoms with E-state index in [1.807, 2.05) is 36.7 Å². The molecule has 0 aliphatic carbocycles. The lowest BCUT2D eigenvalue weighted by molar-refractivity contribution is 0.0598. The number of morpholine rings is 1. The van der Waals surface area contributed by atoms with E-state index in [9.17, 15) is 9.90 Å². The van der Waals surface area contributed by atoms with E-state index in [2.05, 4.69) is 25.8 Å². The number of phenolic OH excluding ortho intramolecular Hbond substituents is 1. The number of fused-ring (bicyclic) bond motifs is 1. The summed E-state index contributed by atoms with van der Waals surface area (Å²) >= 11 is 4.95. The molecule has 1 aliphatic heterocycles. The van der Waals surface area contributed by atoms with Crippen LogP contribution in [-0.2, 0) is 16.5 Å². The summed E-state index contributed by atoms with van der Waals surface area (Å²) in [5.74, 6) is -0.332. The summed E-state index contributed by atoms with van der Waals surface area (Å²) in [6.45, 7) is 4.28. The van der Waals surface area contributed by atoms with Crippen molar-refractivity contribution in [1.82, 2.24) is 9.55 Å². The second-order valence-electron chi connectivity index (χ2n) is 6.96. The van der Waals surface area contributed by atoms with Gasteiger partial charge in [0.15, 0.2) is 5.75 Å². The number of esters is 1. The van der Waals surface area contributed by atoms with Gasteiger partial charge in [-0.25, -0.2) is 9.78 Å². The summed E-state index contributed by atoms with van der Waals surface area (Å²) in [6, 6.07) is 5.65. The number of phenols is 1. The summed E-state index contributed by atoms with van der Waals surface area (Å²) in [5.41, 5.74) is 2.76. The molecule has 7 nitrogen and oxygen atoms in total. The van der Waals surface area contributed by atoms with Gasteiger partial charge in [0.05, 0.1) is 41.0 Å². The third-order valence-corrected chi connectivity index (χ3v) is 7.34. The lowest BCUT2D eigenvalue weighted by Gasteiger charge is -2.31. The Kier molecular flexibility index (Phi) is 5.95. The van der Waals surface area contributed by atoms with Gasteiger partial charge in [0.25, 0.3) is 0 Å². The van der Waals surface area contributed by atoms with E-state index < -0.39 is 5.97 Å². The maximum absolute atomic E-state index is 13.0. The molecule has 4 rings (SSSR count). The van der Waals surface area contributed by atoms with Crippen LogP contribution in [0.25, 0.3) is 10.9 Å². The molecule has 1 saturated heterocycles. The number of ether oxygens (including phenoxy) is 2. The fourth-order valence-corrected chi connectivity index (χ4v) is 5.20. The number of anilines is 1. The Morgan fingerprint density at radius 2 is 2.07 bits per heavy atom. The molecule has 1 aliphatic rings. The lowest BCUT2D eigenvalue weighted by atomic mass is 10.0. The van der Waals surface area contributed by atoms with Crippen LogP contribution < -0.4 is 4.90 Å². The van der Waals surface area contributed by atoms with E-state index >= 15 is 0 Å². The van der Waals surface area contributed by atoms with Gasteiger partial charge in [-0.15, -0.1) is 0 Å². The monoisotopic (exact) mass is 491 g/mol. The minimum atomic E-state index is -0.449. The Hall–Kier alpha value is -2.23. The zero-order chi connectivity index (χ0) is 21.4. The summed E-state index contributed by atoms with van der Waals surface area (Å²) < 4.78 is 13.2. The summed E-state index contributed by atoms with van der Waals surface area (Å²) in [4.78, 5) is 19.4. The van der Waals surface area contributed by atoms with Crippen LogP contribution in [0.5, 0.6) is 5.75 Å². The molecule has 0 amide bonds. The van der Waals surface area contributed by atoms with E-state index in [0.717, 1.165) is 16.1 Å². The van der Waals surface area contributed by atoms with Crippen LogP contribution in [0.15, 0.2) is 38.9 Å². The molecule has 3 aromatic rings. The molecular weight excluding hydrogens is 470 g/mol. The van der Waals surface area contributed by atoms with Gasteiger partial charge >= 0.3 is 5.97 Å². The largest absolute Gasteiger partial charge is 0.505 e. The second kappa shape index (κ2) is 8.49. The Morgan fingerprint density at radius 1 is 1.33 bits per heavy atom. The van der Waals surface area contributed by atoms with Crippen molar-refractivity contribution in [2.75, 3.05) is 38.3 Å². The van der Waals surface area contributed by atoms with Crippen molar-refractivity contribution < 1.29 is 19.4 Å². The highest BCUT2D eigenvalue weighted by atomic mass is 79.9. The van der Waals surface area contributed by atoms with E-state index in [1.165, 1.54) is 18.9 Å². The molecule has 0 unspecified atom stereocenters. The second-order valence-corrected chi connectivity index (χ2v) is 8.76. The first-order valence-electron chi connectivity index (χ1n) is 9.49. The Morgan fingerprint density at radius 3 is 2.70 bits per heavy atom. The van der Waals surface area contributed by atoms with Gasteiger partial charge in [-0.05, 0) is 40.5 Å². The van der Waals surface area contributed by atoms with Crippen molar-refractivity contribution in [1.29, 1.82) is 0 Å². The first-order valence-corrected chi connectivity index (χ1v) is 11.1. The van der Waals surface area contributed by atoms with Crippen molar-refractivity contribution in [2.24, 2.45) is 7.05 Å². The Labute approximate surface area is 187 Å². The van der Waals surface area contributed by atoms with E-state index in [4.69, 9.17) is 9.47 Å². The number of rotatable bonds is 4. The maximum Gasteiger partial charge on any atom is 0.341 e. The average molecular weight is 492 g/mol. The predicted octanol–water partition coefficient (Wildman–Crippen LogP) is 4.12. The number of pyridine rings is 1. The third-order valence-electron chi connectivity index (χ3n) is 5.25. The fourth-order valence-electron chi connectivity index (χ4n) is 3.85. The van der Waals surface area contributed by atoms with E-state index in [1.54, 1.807) is 6.20 Å². The quantitative estimate of drug-likeness (QED) is 0.549. The van der Waals surface area contributed by atoms with Crippen molar-refractivity contribution in [3.05, 3.63) is 40.0 Å². The van der Waals surface area contributed by atoms with Crippen LogP contribution in [0, 0.1) is 6.92 Å². The van der Waals surface area contributed by atoms with Crippen molar-refractivity contribution >= 4 is 50.3 Å². The number of benzene rings is 1. The molecule has 158 valence electrons. The molecule has 0 atom stereocenters. The third kappa shape index (κ3) is 3.44. The zero-order valence-corrected chi connectivity index (χ0v) is 19.3. The molecular formula is C21H22BrN3O4S. The van der Waals surface area contributed by atoms with Crippen LogP contribution in [-0.4, -0.2) is 54.0 Å². The van der Waals surface area contributed by atoms with Gasteiger partial charge in [0.1, 0.15) is 10.6 Å². The molecule has 0 spiro atoms. The molecule has 0 saturated carbocycles. The number of aromatic nitrogens is 2. The minimum Gasteiger partial charge on any atom is -0.505 e. The molecule has 2 aromatic heterocycles. The lowest BCUT2D eigenvalue weighted by Crippen LogP contribution is -2.36. The molecule has 30 heavy (non-hydrogen) atoms. The van der Waals surface area contributed by atoms with Gasteiger partial charge in [-0.3, -0.25) is 0 Å². The minimum absolute atomic E-state index is 0.118. The van der Waals surface area contributed by atoms with Crippen LogP contribution in [0.3, 0.4) is 0 Å². The fraction of sp³-hybridized carbons (Fsp3) is 0.333. The van der Waals surface area contributed by atoms with Crippen LogP contribution >= 0.6 is 27.7 Å². The molecule has 9 heteroatoms. The predicted molar refractivity (Wildman–Crippen MR) is 120 cm³/mol. The van der Waals surface area contributed by atoms with E-state index in [-0.39, 0.29) is 5.75 Å². The summed E-state index contributed by atoms with van der Waals surface area (Å²) in [5, 5.41) is 13.3. The highest BCUT2D eigenvalue weighted by Gasteiger charge is 2.32. The standard InChI is InChI=1S/C21H22BrN3O4S/c1-12-16(22)19(26)18(25-8-10-29-11-9-25)14-15(21(27)28-3)20(24(2)17(12)14)30-13-6-4-5-7-23-13/h4-7,26H,8-11H2,1-3H3. The summed E-state index contributed by atoms with van der Waals surface area (Å²) in [7, 11) is 3.29. The number of hydrogen-bond donors (Lipinski definition) is 1. The molecule has 0 radical (unpaired) electrons. The van der Waals surface area contributed by atoms with Crippen LogP contribution in [0.1, 0.15) is 15.9 Å².